The van der Waals surface area contributed by atoms with Crippen LogP contribution in [0.1, 0.15) is 26.3 Å². The van der Waals surface area contributed by atoms with Crippen molar-refractivity contribution in [2.75, 3.05) is 12.4 Å². The van der Waals surface area contributed by atoms with E-state index in [-0.39, 0.29) is 16.3 Å². The van der Waals surface area contributed by atoms with E-state index < -0.39 is 17.7 Å². The van der Waals surface area contributed by atoms with E-state index in [0.29, 0.717) is 21.5 Å². The van der Waals surface area contributed by atoms with E-state index in [2.05, 4.69) is 10.3 Å². The van der Waals surface area contributed by atoms with Crippen LogP contribution in [0, 0.1) is 12.7 Å². The van der Waals surface area contributed by atoms with Crippen molar-refractivity contribution >= 4 is 38.6 Å². The number of nitrogens with one attached hydrogen (secondary N) is 1. The molecular weight excluding hydrogens is 347 g/mol. The molecule has 0 atom stereocenters. The van der Waals surface area contributed by atoms with Gasteiger partial charge in [-0.05, 0) is 42.8 Å². The second-order valence-electron chi connectivity index (χ2n) is 5.24. The van der Waals surface area contributed by atoms with Gasteiger partial charge in [-0.2, -0.15) is 0 Å². The molecule has 0 aliphatic rings. The van der Waals surface area contributed by atoms with Crippen LogP contribution in [0.25, 0.3) is 10.2 Å². The van der Waals surface area contributed by atoms with Crippen molar-refractivity contribution in [1.29, 1.82) is 0 Å². The van der Waals surface area contributed by atoms with Gasteiger partial charge in [0.2, 0.25) is 0 Å². The predicted octanol–water partition coefficient (Wildman–Crippen LogP) is 3.70. The second kappa shape index (κ2) is 6.48. The number of nitrogens with zero attached hydrogens (tertiary/aromatic N) is 1. The Morgan fingerprint density at radius 2 is 1.96 bits per heavy atom. The van der Waals surface area contributed by atoms with Crippen molar-refractivity contribution in [2.45, 2.75) is 6.92 Å². The van der Waals surface area contributed by atoms with Gasteiger partial charge < -0.3 is 9.84 Å². The first kappa shape index (κ1) is 16.8. The highest BCUT2D eigenvalue weighted by Gasteiger charge is 2.20. The van der Waals surface area contributed by atoms with Crippen molar-refractivity contribution in [3.63, 3.8) is 0 Å². The number of carboxylic acid groups (broad SMARTS) is 1. The summed E-state index contributed by atoms with van der Waals surface area (Å²) in [5.41, 5.74) is 1.36. The minimum atomic E-state index is -1.09. The summed E-state index contributed by atoms with van der Waals surface area (Å²) in [6, 6.07) is 6.58. The van der Waals surface area contributed by atoms with Crippen LogP contribution in [0.4, 0.5) is 9.52 Å². The molecule has 0 bridgehead atoms. The monoisotopic (exact) mass is 360 g/mol. The van der Waals surface area contributed by atoms with Crippen LogP contribution in [0.3, 0.4) is 0 Å². The number of hydrogen-bond acceptors (Lipinski definition) is 5. The lowest BCUT2D eigenvalue weighted by Crippen LogP contribution is -2.11. The van der Waals surface area contributed by atoms with E-state index in [9.17, 15) is 19.1 Å². The van der Waals surface area contributed by atoms with Gasteiger partial charge in [0.1, 0.15) is 17.1 Å². The van der Waals surface area contributed by atoms with Gasteiger partial charge in [0.15, 0.2) is 5.13 Å². The lowest BCUT2D eigenvalue weighted by Gasteiger charge is -2.06. The Kier molecular flexibility index (Phi) is 4.37. The van der Waals surface area contributed by atoms with Gasteiger partial charge in [0.25, 0.3) is 5.91 Å². The lowest BCUT2D eigenvalue weighted by molar-refractivity contribution is 0.0699. The fraction of sp³-hybridized carbons (Fsp3) is 0.118. The maximum absolute atomic E-state index is 12.9. The Bertz CT molecular complexity index is 982. The van der Waals surface area contributed by atoms with Crippen LogP contribution < -0.4 is 10.1 Å². The van der Waals surface area contributed by atoms with Crippen molar-refractivity contribution in [3.05, 3.63) is 52.8 Å². The normalized spacial score (nSPS) is 10.7. The Labute approximate surface area is 145 Å². The number of carbonyl (C=O) groups excluding carboxylic acids is 1. The van der Waals surface area contributed by atoms with Crippen molar-refractivity contribution < 1.29 is 23.8 Å². The molecule has 0 aliphatic heterocycles. The molecule has 0 spiro atoms. The van der Waals surface area contributed by atoms with Gasteiger partial charge in [-0.15, -0.1) is 0 Å². The number of methoxy groups -OCH3 is 1. The predicted molar refractivity (Wildman–Crippen MR) is 92.2 cm³/mol. The zero-order valence-electron chi connectivity index (χ0n) is 13.3. The average Bonchev–Trinajstić information content (AvgIpc) is 2.97. The number of halogens is 1. The smallest absolute Gasteiger partial charge is 0.337 e. The first-order valence-electron chi connectivity index (χ1n) is 7.19. The summed E-state index contributed by atoms with van der Waals surface area (Å²) >= 11 is 1.04. The van der Waals surface area contributed by atoms with Gasteiger partial charge in [-0.3, -0.25) is 10.1 Å². The maximum atomic E-state index is 12.9. The molecule has 8 heteroatoms. The first-order valence-corrected chi connectivity index (χ1v) is 8.00. The fourth-order valence-corrected chi connectivity index (χ4v) is 3.40. The summed E-state index contributed by atoms with van der Waals surface area (Å²) in [6.45, 7) is 1.72. The van der Waals surface area contributed by atoms with Gasteiger partial charge in [0.05, 0.1) is 17.4 Å². The number of aromatic carboxylic acids is 1. The third kappa shape index (κ3) is 3.16. The van der Waals surface area contributed by atoms with Crippen LogP contribution in [0.2, 0.25) is 0 Å². The van der Waals surface area contributed by atoms with E-state index in [0.717, 1.165) is 11.3 Å². The molecule has 0 aliphatic carbocycles. The summed E-state index contributed by atoms with van der Waals surface area (Å²) in [5.74, 6) is -1.54. The van der Waals surface area contributed by atoms with E-state index in [1.165, 1.54) is 37.4 Å². The molecule has 1 amide bonds. The highest BCUT2D eigenvalue weighted by Crippen LogP contribution is 2.37. The first-order chi connectivity index (χ1) is 11.9. The van der Waals surface area contributed by atoms with Crippen molar-refractivity contribution in [1.82, 2.24) is 4.98 Å². The molecule has 25 heavy (non-hydrogen) atoms. The van der Waals surface area contributed by atoms with E-state index in [1.807, 2.05) is 0 Å². The lowest BCUT2D eigenvalue weighted by atomic mass is 10.1. The molecule has 0 saturated heterocycles. The quantitative estimate of drug-likeness (QED) is 0.740. The Balaban J connectivity index is 2.03. The van der Waals surface area contributed by atoms with Gasteiger partial charge >= 0.3 is 5.97 Å². The number of aromatic nitrogens is 1. The number of amides is 1. The molecule has 0 fully saturated rings. The standard InChI is InChI=1S/C17H13FN2O4S/c1-8-7-11(16(22)23)14-12(13(8)24-2)19-17(25-14)20-15(21)9-3-5-10(18)6-4-9/h3-7H,1-2H3,(H,22,23)(H,19,20,21). The van der Waals surface area contributed by atoms with Crippen LogP contribution in [-0.2, 0) is 0 Å². The number of carboxylic acids is 1. The van der Waals surface area contributed by atoms with E-state index in [4.69, 9.17) is 4.74 Å². The number of carbonyl (C=O) groups is 2. The largest absolute Gasteiger partial charge is 0.494 e. The van der Waals surface area contributed by atoms with Crippen molar-refractivity contribution in [3.8, 4) is 5.75 Å². The summed E-state index contributed by atoms with van der Waals surface area (Å²) in [6.07, 6.45) is 0. The van der Waals surface area contributed by atoms with Gasteiger partial charge in [-0.25, -0.2) is 14.2 Å². The number of ether oxygens (including phenoxy) is 1. The molecule has 1 heterocycles. The SMILES string of the molecule is COc1c(C)cc(C(=O)O)c2sc(NC(=O)c3ccc(F)cc3)nc12. The summed E-state index contributed by atoms with van der Waals surface area (Å²) < 4.78 is 18.7. The minimum Gasteiger partial charge on any atom is -0.494 e. The van der Waals surface area contributed by atoms with E-state index in [1.54, 1.807) is 6.92 Å². The topological polar surface area (TPSA) is 88.5 Å². The number of benzene rings is 2. The minimum absolute atomic E-state index is 0.0908. The average molecular weight is 360 g/mol. The Morgan fingerprint density at radius 1 is 1.28 bits per heavy atom. The van der Waals surface area contributed by atoms with Gasteiger partial charge in [0, 0.05) is 5.56 Å². The number of hydrogen-bond donors (Lipinski definition) is 2. The molecule has 0 radical (unpaired) electrons. The molecule has 2 N–H and O–H groups in total. The summed E-state index contributed by atoms with van der Waals surface area (Å²) in [4.78, 5) is 28.0. The Hall–Kier alpha value is -3.00. The molecule has 3 rings (SSSR count). The zero-order valence-corrected chi connectivity index (χ0v) is 14.1. The third-order valence-electron chi connectivity index (χ3n) is 3.57. The fourth-order valence-electron chi connectivity index (χ4n) is 2.43. The number of thiazole rings is 1. The van der Waals surface area contributed by atoms with Crippen LogP contribution >= 0.6 is 11.3 Å². The molecule has 3 aromatic rings. The van der Waals surface area contributed by atoms with Gasteiger partial charge in [-0.1, -0.05) is 11.3 Å². The number of anilines is 1. The molecular formula is C17H13FN2O4S. The molecule has 0 unspecified atom stereocenters. The molecule has 1 aromatic heterocycles. The van der Waals surface area contributed by atoms with Crippen LogP contribution in [0.5, 0.6) is 5.75 Å². The zero-order chi connectivity index (χ0) is 18.1. The van der Waals surface area contributed by atoms with Crippen LogP contribution in [-0.4, -0.2) is 29.1 Å². The van der Waals surface area contributed by atoms with E-state index >= 15 is 0 Å². The number of aryl methyl sites for hydroxylation is 1. The summed E-state index contributed by atoms with van der Waals surface area (Å²) in [7, 11) is 1.47. The molecule has 128 valence electrons. The third-order valence-corrected chi connectivity index (χ3v) is 4.57. The second-order valence-corrected chi connectivity index (χ2v) is 6.24. The Morgan fingerprint density at radius 3 is 2.56 bits per heavy atom. The molecule has 0 saturated carbocycles. The highest BCUT2D eigenvalue weighted by atomic mass is 32.1. The summed E-state index contributed by atoms with van der Waals surface area (Å²) in [5, 5.41) is 12.2. The van der Waals surface area contributed by atoms with Crippen molar-refractivity contribution in [2.24, 2.45) is 0 Å². The number of fused-ring (bicyclic) bond motifs is 1. The van der Waals surface area contributed by atoms with Crippen LogP contribution in [0.15, 0.2) is 30.3 Å². The maximum Gasteiger partial charge on any atom is 0.337 e. The molecule has 6 nitrogen and oxygen atoms in total. The number of rotatable bonds is 4. The molecule has 2 aromatic carbocycles. The highest BCUT2D eigenvalue weighted by molar-refractivity contribution is 7.22.